The summed E-state index contributed by atoms with van der Waals surface area (Å²) in [6, 6.07) is 8.77. The molecule has 0 bridgehead atoms. The number of esters is 2. The van der Waals surface area contributed by atoms with E-state index in [4.69, 9.17) is 14.2 Å². The lowest BCUT2D eigenvalue weighted by Gasteiger charge is -2.08. The number of rotatable bonds is 8. The van der Waals surface area contributed by atoms with Gasteiger partial charge in [-0.25, -0.2) is 9.59 Å². The molecule has 1 N–H and O–H groups in total. The van der Waals surface area contributed by atoms with Gasteiger partial charge in [-0.1, -0.05) is 18.2 Å². The number of halogens is 3. The quantitative estimate of drug-likeness (QED) is 0.489. The maximum Gasteiger partial charge on any atom is 0.471 e. The van der Waals surface area contributed by atoms with E-state index < -0.39 is 29.0 Å². The molecule has 0 radical (unpaired) electrons. The van der Waals surface area contributed by atoms with E-state index in [-0.39, 0.29) is 35.8 Å². The average Bonchev–Trinajstić information content (AvgIpc) is 3.01. The fourth-order valence-electron chi connectivity index (χ4n) is 2.30. The van der Waals surface area contributed by atoms with E-state index in [0.717, 1.165) is 0 Å². The van der Waals surface area contributed by atoms with Crippen LogP contribution in [-0.2, 0) is 14.3 Å². The summed E-state index contributed by atoms with van der Waals surface area (Å²) in [5.41, 5.74) is -0.281. The number of benzene rings is 1. The highest BCUT2D eigenvalue weighted by molar-refractivity contribution is 7.18. The SMILES string of the molecule is CCOC(=O)c1c(NC(=O)C(F)(F)F)sc(C(=O)OCCOc2ccccc2)c1C. The van der Waals surface area contributed by atoms with Crippen molar-refractivity contribution in [3.8, 4) is 5.75 Å². The van der Waals surface area contributed by atoms with Gasteiger partial charge in [0.25, 0.3) is 0 Å². The number of thiophene rings is 1. The lowest BCUT2D eigenvalue weighted by atomic mass is 10.1. The molecule has 0 spiro atoms. The second-order valence-corrected chi connectivity index (χ2v) is 6.75. The summed E-state index contributed by atoms with van der Waals surface area (Å²) < 4.78 is 53.1. The summed E-state index contributed by atoms with van der Waals surface area (Å²) in [5.74, 6) is -3.53. The molecule has 7 nitrogen and oxygen atoms in total. The topological polar surface area (TPSA) is 90.9 Å². The summed E-state index contributed by atoms with van der Waals surface area (Å²) in [6.07, 6.45) is -5.17. The highest BCUT2D eigenvalue weighted by atomic mass is 32.1. The zero-order chi connectivity index (χ0) is 22.3. The van der Waals surface area contributed by atoms with Crippen LogP contribution in [0.5, 0.6) is 5.75 Å². The van der Waals surface area contributed by atoms with Crippen molar-refractivity contribution in [1.82, 2.24) is 0 Å². The van der Waals surface area contributed by atoms with Gasteiger partial charge in [-0.05, 0) is 31.5 Å². The zero-order valence-electron chi connectivity index (χ0n) is 16.0. The van der Waals surface area contributed by atoms with E-state index >= 15 is 0 Å². The molecule has 2 rings (SSSR count). The molecule has 1 heterocycles. The number of carbonyl (C=O) groups is 3. The van der Waals surface area contributed by atoms with E-state index in [1.54, 1.807) is 29.6 Å². The molecule has 11 heteroatoms. The fourth-order valence-corrected chi connectivity index (χ4v) is 3.38. The van der Waals surface area contributed by atoms with Crippen LogP contribution in [0.25, 0.3) is 0 Å². The van der Waals surface area contributed by atoms with Crippen LogP contribution in [-0.4, -0.2) is 43.8 Å². The van der Waals surface area contributed by atoms with Crippen LogP contribution in [0.2, 0.25) is 0 Å². The van der Waals surface area contributed by atoms with Crippen LogP contribution < -0.4 is 10.1 Å². The summed E-state index contributed by atoms with van der Waals surface area (Å²) in [7, 11) is 0. The van der Waals surface area contributed by atoms with Crippen LogP contribution >= 0.6 is 11.3 Å². The molecule has 0 aliphatic heterocycles. The molecule has 30 heavy (non-hydrogen) atoms. The smallest absolute Gasteiger partial charge is 0.471 e. The molecular formula is C19H18F3NO6S. The first-order valence-electron chi connectivity index (χ1n) is 8.68. The standard InChI is InChI=1S/C19H18F3NO6S/c1-3-27-16(24)13-11(2)14(30-15(13)23-18(26)19(20,21)22)17(25)29-10-9-28-12-7-5-4-6-8-12/h4-8H,3,9-10H2,1-2H3,(H,23,26). The normalized spacial score (nSPS) is 11.0. The van der Waals surface area contributed by atoms with Crippen molar-refractivity contribution in [2.24, 2.45) is 0 Å². The molecule has 0 unspecified atom stereocenters. The van der Waals surface area contributed by atoms with Gasteiger partial charge in [0.1, 0.15) is 28.8 Å². The van der Waals surface area contributed by atoms with Crippen molar-refractivity contribution < 1.29 is 41.8 Å². The molecule has 0 saturated carbocycles. The first kappa shape index (κ1) is 23.2. The van der Waals surface area contributed by atoms with Crippen molar-refractivity contribution in [2.75, 3.05) is 25.1 Å². The fraction of sp³-hybridized carbons (Fsp3) is 0.316. The average molecular weight is 445 g/mol. The van der Waals surface area contributed by atoms with Crippen LogP contribution in [0.4, 0.5) is 18.2 Å². The van der Waals surface area contributed by atoms with Gasteiger partial charge >= 0.3 is 24.0 Å². The number of carbonyl (C=O) groups excluding carboxylic acids is 3. The van der Waals surface area contributed by atoms with Gasteiger partial charge < -0.3 is 19.5 Å². The number of alkyl halides is 3. The van der Waals surface area contributed by atoms with Crippen LogP contribution in [0, 0.1) is 6.92 Å². The first-order valence-corrected chi connectivity index (χ1v) is 9.50. The van der Waals surface area contributed by atoms with Gasteiger partial charge in [-0.15, -0.1) is 11.3 Å². The van der Waals surface area contributed by atoms with E-state index in [0.29, 0.717) is 17.1 Å². The predicted octanol–water partition coefficient (Wildman–Crippen LogP) is 3.97. The number of nitrogens with one attached hydrogen (secondary N) is 1. The van der Waals surface area contributed by atoms with Crippen molar-refractivity contribution in [1.29, 1.82) is 0 Å². The second-order valence-electron chi connectivity index (χ2n) is 5.73. The first-order chi connectivity index (χ1) is 14.1. The Bertz CT molecular complexity index is 911. The maximum absolute atomic E-state index is 12.6. The molecule has 0 saturated heterocycles. The molecule has 2 aromatic rings. The third-order valence-corrected chi connectivity index (χ3v) is 4.81. The van der Waals surface area contributed by atoms with Crippen LogP contribution in [0.3, 0.4) is 0 Å². The summed E-state index contributed by atoms with van der Waals surface area (Å²) in [6.45, 7) is 2.72. The van der Waals surface area contributed by atoms with Crippen molar-refractivity contribution in [2.45, 2.75) is 20.0 Å². The molecule has 1 amide bonds. The van der Waals surface area contributed by atoms with Gasteiger partial charge in [0.2, 0.25) is 0 Å². The van der Waals surface area contributed by atoms with E-state index in [9.17, 15) is 27.6 Å². The minimum atomic E-state index is -5.17. The summed E-state index contributed by atoms with van der Waals surface area (Å²) >= 11 is 0.499. The monoisotopic (exact) mass is 445 g/mol. The number of para-hydroxylation sites is 1. The Morgan fingerprint density at radius 3 is 2.30 bits per heavy atom. The summed E-state index contributed by atoms with van der Waals surface area (Å²) in [4.78, 5) is 35.7. The van der Waals surface area contributed by atoms with Crippen molar-refractivity contribution in [3.63, 3.8) is 0 Å². The zero-order valence-corrected chi connectivity index (χ0v) is 16.8. The van der Waals surface area contributed by atoms with Crippen LogP contribution in [0.1, 0.15) is 32.5 Å². The van der Waals surface area contributed by atoms with Gasteiger partial charge in [0.15, 0.2) is 0 Å². The van der Waals surface area contributed by atoms with Crippen molar-refractivity contribution in [3.05, 3.63) is 46.3 Å². The van der Waals surface area contributed by atoms with Gasteiger partial charge in [0.05, 0.1) is 12.2 Å². The third kappa shape index (κ3) is 5.96. The molecular weight excluding hydrogens is 427 g/mol. The number of anilines is 1. The second kappa shape index (κ2) is 10.1. The Hall–Kier alpha value is -3.08. The number of hydrogen-bond donors (Lipinski definition) is 1. The molecule has 0 aliphatic rings. The van der Waals surface area contributed by atoms with Gasteiger partial charge in [-0.3, -0.25) is 4.79 Å². The Labute approximate surface area is 173 Å². The number of hydrogen-bond acceptors (Lipinski definition) is 7. The number of amides is 1. The third-order valence-electron chi connectivity index (χ3n) is 3.62. The highest BCUT2D eigenvalue weighted by Gasteiger charge is 2.40. The Morgan fingerprint density at radius 1 is 1.03 bits per heavy atom. The van der Waals surface area contributed by atoms with E-state index in [2.05, 4.69) is 0 Å². The minimum absolute atomic E-state index is 0.0442. The molecule has 162 valence electrons. The Balaban J connectivity index is 2.13. The van der Waals surface area contributed by atoms with Gasteiger partial charge in [0, 0.05) is 0 Å². The van der Waals surface area contributed by atoms with E-state index in [1.165, 1.54) is 13.8 Å². The highest BCUT2D eigenvalue weighted by Crippen LogP contribution is 2.35. The number of ether oxygens (including phenoxy) is 3. The lowest BCUT2D eigenvalue weighted by Crippen LogP contribution is -2.30. The molecule has 0 fully saturated rings. The molecule has 0 atom stereocenters. The Morgan fingerprint density at radius 2 is 1.70 bits per heavy atom. The lowest BCUT2D eigenvalue weighted by molar-refractivity contribution is -0.167. The molecule has 1 aromatic carbocycles. The van der Waals surface area contributed by atoms with Crippen LogP contribution in [0.15, 0.2) is 30.3 Å². The van der Waals surface area contributed by atoms with E-state index in [1.807, 2.05) is 6.07 Å². The largest absolute Gasteiger partial charge is 0.490 e. The van der Waals surface area contributed by atoms with Gasteiger partial charge in [-0.2, -0.15) is 13.2 Å². The summed E-state index contributed by atoms with van der Waals surface area (Å²) in [5, 5.41) is 1.17. The minimum Gasteiger partial charge on any atom is -0.490 e. The Kier molecular flexibility index (Phi) is 7.81. The molecule has 1 aromatic heterocycles. The molecule has 0 aliphatic carbocycles. The van der Waals surface area contributed by atoms with Crippen molar-refractivity contribution >= 4 is 34.2 Å². The maximum atomic E-state index is 12.6. The predicted molar refractivity (Wildman–Crippen MR) is 102 cm³/mol.